The first kappa shape index (κ1) is 33.5. The van der Waals surface area contributed by atoms with Gasteiger partial charge in [0.05, 0.1) is 0 Å². The van der Waals surface area contributed by atoms with Crippen LogP contribution in [0.2, 0.25) is 0 Å². The summed E-state index contributed by atoms with van der Waals surface area (Å²) in [4.78, 5) is 42.8. The lowest BCUT2D eigenvalue weighted by molar-refractivity contribution is -0.133. The quantitative estimate of drug-likeness (QED) is 0.250. The fraction of sp³-hybridized carbons (Fsp3) is 0.541. The van der Waals surface area contributed by atoms with Crippen molar-refractivity contribution in [1.29, 1.82) is 0 Å². The molecule has 0 radical (unpaired) electrons. The number of fused-ring (bicyclic) bond motifs is 1. The van der Waals surface area contributed by atoms with E-state index in [4.69, 9.17) is 9.47 Å². The van der Waals surface area contributed by atoms with Crippen molar-refractivity contribution in [1.82, 2.24) is 14.8 Å². The molecule has 0 bridgehead atoms. The maximum Gasteiger partial charge on any atom is 0.407 e. The fourth-order valence-electron chi connectivity index (χ4n) is 7.06. The van der Waals surface area contributed by atoms with Crippen LogP contribution in [0.25, 0.3) is 10.9 Å². The summed E-state index contributed by atoms with van der Waals surface area (Å²) in [5.41, 5.74) is 5.05. The van der Waals surface area contributed by atoms with Gasteiger partial charge in [0.25, 0.3) is 0 Å². The Labute approximate surface area is 273 Å². The minimum absolute atomic E-state index is 0.0322. The van der Waals surface area contributed by atoms with Gasteiger partial charge in [-0.2, -0.15) is 0 Å². The van der Waals surface area contributed by atoms with Gasteiger partial charge in [-0.05, 0) is 89.1 Å². The molecule has 3 heterocycles. The molecular weight excluding hydrogens is 580 g/mol. The highest BCUT2D eigenvalue weighted by atomic mass is 16.6. The number of carbonyl (C=O) groups excluding carboxylic acids is 3. The summed E-state index contributed by atoms with van der Waals surface area (Å²) < 4.78 is 13.4. The monoisotopic (exact) mass is 630 g/mol. The summed E-state index contributed by atoms with van der Waals surface area (Å²) in [5, 5.41) is 4.25. The molecule has 2 aliphatic heterocycles. The number of piperidine rings is 1. The van der Waals surface area contributed by atoms with E-state index in [2.05, 4.69) is 41.1 Å². The summed E-state index contributed by atoms with van der Waals surface area (Å²) in [6, 6.07) is 16.0. The summed E-state index contributed by atoms with van der Waals surface area (Å²) in [5.74, 6) is 0.406. The molecule has 248 valence electrons. The highest BCUT2D eigenvalue weighted by Gasteiger charge is 2.31. The molecule has 9 nitrogen and oxygen atoms in total. The number of hydrogen-bond donors (Lipinski definition) is 1. The number of carbonyl (C=O) groups is 3. The maximum atomic E-state index is 13.9. The van der Waals surface area contributed by atoms with Gasteiger partial charge >= 0.3 is 6.09 Å². The Kier molecular flexibility index (Phi) is 10.7. The van der Waals surface area contributed by atoms with Gasteiger partial charge in [-0.25, -0.2) is 4.79 Å². The second kappa shape index (κ2) is 14.7. The van der Waals surface area contributed by atoms with Crippen LogP contribution >= 0.6 is 0 Å². The Balaban J connectivity index is 1.32. The third-order valence-electron chi connectivity index (χ3n) is 9.11. The van der Waals surface area contributed by atoms with E-state index < -0.39 is 17.7 Å². The molecule has 2 saturated heterocycles. The zero-order chi connectivity index (χ0) is 32.8. The average molecular weight is 631 g/mol. The minimum Gasteiger partial charge on any atom is -0.444 e. The molecule has 2 fully saturated rings. The Morgan fingerprint density at radius 2 is 1.80 bits per heavy atom. The molecule has 0 spiro atoms. The molecule has 1 unspecified atom stereocenters. The van der Waals surface area contributed by atoms with Crippen molar-refractivity contribution in [3.63, 3.8) is 0 Å². The normalized spacial score (nSPS) is 17.8. The zero-order valence-corrected chi connectivity index (χ0v) is 28.1. The van der Waals surface area contributed by atoms with Crippen molar-refractivity contribution in [3.8, 4) is 0 Å². The van der Waals surface area contributed by atoms with Crippen molar-refractivity contribution >= 4 is 34.5 Å². The third-order valence-corrected chi connectivity index (χ3v) is 9.11. The lowest BCUT2D eigenvalue weighted by Gasteiger charge is -2.35. The van der Waals surface area contributed by atoms with Gasteiger partial charge in [0.2, 0.25) is 11.8 Å². The molecule has 0 aliphatic carbocycles. The predicted octanol–water partition coefficient (Wildman–Crippen LogP) is 6.35. The molecule has 2 atom stereocenters. The van der Waals surface area contributed by atoms with Crippen LogP contribution < -0.4 is 10.2 Å². The summed E-state index contributed by atoms with van der Waals surface area (Å²) >= 11 is 0. The van der Waals surface area contributed by atoms with Crippen molar-refractivity contribution in [2.75, 3.05) is 38.3 Å². The third kappa shape index (κ3) is 8.10. The number of amides is 3. The topological polar surface area (TPSA) is 93.1 Å². The number of nitrogens with one attached hydrogen (secondary N) is 1. The first-order valence-corrected chi connectivity index (χ1v) is 16.8. The van der Waals surface area contributed by atoms with E-state index in [1.54, 1.807) is 7.11 Å². The summed E-state index contributed by atoms with van der Waals surface area (Å²) in [7, 11) is 1.74. The largest absolute Gasteiger partial charge is 0.444 e. The Morgan fingerprint density at radius 3 is 2.50 bits per heavy atom. The van der Waals surface area contributed by atoms with Crippen LogP contribution in [0.1, 0.15) is 82.0 Å². The van der Waals surface area contributed by atoms with Gasteiger partial charge in [-0.3, -0.25) is 9.59 Å². The van der Waals surface area contributed by atoms with Crippen LogP contribution in [-0.4, -0.2) is 72.4 Å². The van der Waals surface area contributed by atoms with E-state index in [0.29, 0.717) is 32.5 Å². The molecule has 0 saturated carbocycles. The molecule has 2 aromatic carbocycles. The predicted molar refractivity (Wildman–Crippen MR) is 181 cm³/mol. The van der Waals surface area contributed by atoms with Gasteiger partial charge in [-0.15, -0.1) is 0 Å². The number of nitrogens with zero attached hydrogens (tertiary/aromatic N) is 3. The number of ether oxygens (including phenoxy) is 2. The Bertz CT molecular complexity index is 1520. The van der Waals surface area contributed by atoms with E-state index in [1.807, 2.05) is 54.8 Å². The first-order valence-electron chi connectivity index (χ1n) is 16.8. The molecule has 3 aromatic rings. The standard InChI is InChI=1S/C37H50N4O5/c1-26-31-12-6-7-13-32(31)41(21-10-22-45-5)35(26)28-11-8-19-39(25-28)34(43)24-29(38-36(44)46-37(2,3)4)23-27-15-17-30(18-16-27)40-20-9-14-33(40)42/h6-7,12-13,15-18,28-29H,8-11,14,19-25H2,1-5H3,(H,38,44)/t28?,29-/m1/s1. The van der Waals surface area contributed by atoms with Gasteiger partial charge in [-0.1, -0.05) is 30.3 Å². The van der Waals surface area contributed by atoms with Crippen LogP contribution in [0, 0.1) is 6.92 Å². The number of rotatable bonds is 11. The fourth-order valence-corrected chi connectivity index (χ4v) is 7.06. The SMILES string of the molecule is COCCCn1c(C2CCCN(C(=O)C[C@@H](Cc3ccc(N4CCCC4=O)cc3)NC(=O)OC(C)(C)C)C2)c(C)c2ccccc21. The van der Waals surface area contributed by atoms with Gasteiger partial charge in [0.1, 0.15) is 5.60 Å². The second-order valence-corrected chi connectivity index (χ2v) is 13.8. The number of likely N-dealkylation sites (tertiary alicyclic amines) is 1. The molecule has 1 N–H and O–H groups in total. The van der Waals surface area contributed by atoms with Crippen molar-refractivity contribution < 1.29 is 23.9 Å². The van der Waals surface area contributed by atoms with Crippen LogP contribution in [0.5, 0.6) is 0 Å². The smallest absolute Gasteiger partial charge is 0.407 e. The van der Waals surface area contributed by atoms with E-state index >= 15 is 0 Å². The van der Waals surface area contributed by atoms with Crippen molar-refractivity contribution in [2.45, 2.75) is 96.7 Å². The van der Waals surface area contributed by atoms with Crippen molar-refractivity contribution in [3.05, 3.63) is 65.4 Å². The molecule has 9 heteroatoms. The molecular formula is C37H50N4O5. The van der Waals surface area contributed by atoms with Crippen LogP contribution in [0.15, 0.2) is 48.5 Å². The molecule has 1 aromatic heterocycles. The molecule has 3 amide bonds. The van der Waals surface area contributed by atoms with Crippen LogP contribution in [-0.2, 0) is 32.0 Å². The highest BCUT2D eigenvalue weighted by molar-refractivity contribution is 5.95. The second-order valence-electron chi connectivity index (χ2n) is 13.8. The van der Waals surface area contributed by atoms with Gasteiger partial charge in [0.15, 0.2) is 0 Å². The number of para-hydroxylation sites is 1. The van der Waals surface area contributed by atoms with Crippen molar-refractivity contribution in [2.24, 2.45) is 0 Å². The maximum absolute atomic E-state index is 13.9. The zero-order valence-electron chi connectivity index (χ0n) is 28.1. The first-order chi connectivity index (χ1) is 22.0. The van der Waals surface area contributed by atoms with Crippen LogP contribution in [0.4, 0.5) is 10.5 Å². The molecule has 46 heavy (non-hydrogen) atoms. The van der Waals surface area contributed by atoms with Gasteiger partial charge < -0.3 is 29.2 Å². The van der Waals surface area contributed by atoms with E-state index in [-0.39, 0.29) is 24.2 Å². The number of aromatic nitrogens is 1. The van der Waals surface area contributed by atoms with Crippen LogP contribution in [0.3, 0.4) is 0 Å². The number of methoxy groups -OCH3 is 1. The lowest BCUT2D eigenvalue weighted by atomic mass is 9.91. The summed E-state index contributed by atoms with van der Waals surface area (Å²) in [6.07, 6.45) is 4.45. The van der Waals surface area contributed by atoms with E-state index in [9.17, 15) is 14.4 Å². The summed E-state index contributed by atoms with van der Waals surface area (Å²) in [6.45, 7) is 11.4. The Hall–Kier alpha value is -3.85. The number of alkyl carbamates (subject to hydrolysis) is 1. The molecule has 2 aliphatic rings. The van der Waals surface area contributed by atoms with E-state index in [1.165, 1.54) is 22.2 Å². The number of hydrogen-bond acceptors (Lipinski definition) is 5. The number of benzene rings is 2. The number of anilines is 1. The van der Waals surface area contributed by atoms with E-state index in [0.717, 1.165) is 50.0 Å². The van der Waals surface area contributed by atoms with Gasteiger partial charge in [0, 0.05) is 87.0 Å². The highest BCUT2D eigenvalue weighted by Crippen LogP contribution is 2.36. The molecule has 5 rings (SSSR count). The average Bonchev–Trinajstić information content (AvgIpc) is 3.57. The Morgan fingerprint density at radius 1 is 1.04 bits per heavy atom. The number of aryl methyl sites for hydroxylation is 2. The lowest BCUT2D eigenvalue weighted by Crippen LogP contribution is -2.46. The minimum atomic E-state index is -0.651.